The number of esters is 1. The first-order chi connectivity index (χ1) is 11.8. The molecule has 0 unspecified atom stereocenters. The van der Waals surface area contributed by atoms with Gasteiger partial charge in [-0.1, -0.05) is 51.9 Å². The van der Waals surface area contributed by atoms with Gasteiger partial charge in [0.15, 0.2) is 0 Å². The standard InChI is InChI=1S/C20H32O4/c1-3-4-5-6-7-8-9-10-15-23-19-13-11-18(12-14-19)20(21)24-17-16-22-2/h11-14H,3-10,15-17H2,1-2H3. The molecule has 0 saturated carbocycles. The van der Waals surface area contributed by atoms with Crippen LogP contribution in [0.15, 0.2) is 24.3 Å². The zero-order valence-electron chi connectivity index (χ0n) is 15.2. The molecule has 1 rings (SSSR count). The third-order valence-corrected chi connectivity index (χ3v) is 3.88. The number of benzene rings is 1. The lowest BCUT2D eigenvalue weighted by Crippen LogP contribution is -2.09. The maximum Gasteiger partial charge on any atom is 0.338 e. The van der Waals surface area contributed by atoms with Crippen LogP contribution >= 0.6 is 0 Å². The van der Waals surface area contributed by atoms with E-state index in [0.29, 0.717) is 12.2 Å². The predicted octanol–water partition coefficient (Wildman–Crippen LogP) is 5.01. The smallest absolute Gasteiger partial charge is 0.338 e. The van der Waals surface area contributed by atoms with E-state index in [0.717, 1.165) is 18.8 Å². The van der Waals surface area contributed by atoms with Crippen molar-refractivity contribution in [3.05, 3.63) is 29.8 Å². The van der Waals surface area contributed by atoms with Gasteiger partial charge in [0.05, 0.1) is 18.8 Å². The summed E-state index contributed by atoms with van der Waals surface area (Å²) in [6, 6.07) is 7.10. The largest absolute Gasteiger partial charge is 0.494 e. The summed E-state index contributed by atoms with van der Waals surface area (Å²) in [5.74, 6) is 0.466. The van der Waals surface area contributed by atoms with Crippen molar-refractivity contribution in [1.82, 2.24) is 0 Å². The van der Waals surface area contributed by atoms with Gasteiger partial charge in [-0.3, -0.25) is 0 Å². The van der Waals surface area contributed by atoms with Gasteiger partial charge in [-0.2, -0.15) is 0 Å². The molecule has 0 heterocycles. The molecule has 0 aromatic heterocycles. The maximum absolute atomic E-state index is 11.7. The fourth-order valence-corrected chi connectivity index (χ4v) is 2.41. The van der Waals surface area contributed by atoms with Gasteiger partial charge in [0.25, 0.3) is 0 Å². The van der Waals surface area contributed by atoms with E-state index in [1.165, 1.54) is 44.9 Å². The second kappa shape index (κ2) is 13.8. The van der Waals surface area contributed by atoms with E-state index in [2.05, 4.69) is 6.92 Å². The molecule has 136 valence electrons. The average molecular weight is 336 g/mol. The molecule has 24 heavy (non-hydrogen) atoms. The van der Waals surface area contributed by atoms with Crippen molar-refractivity contribution in [2.45, 2.75) is 58.3 Å². The lowest BCUT2D eigenvalue weighted by atomic mass is 10.1. The predicted molar refractivity (Wildman–Crippen MR) is 96.7 cm³/mol. The molecule has 0 radical (unpaired) electrons. The Bertz CT molecular complexity index is 428. The molecule has 1 aromatic rings. The van der Waals surface area contributed by atoms with Crippen LogP contribution in [-0.2, 0) is 9.47 Å². The number of methoxy groups -OCH3 is 1. The monoisotopic (exact) mass is 336 g/mol. The second-order valence-corrected chi connectivity index (χ2v) is 5.98. The fraction of sp³-hybridized carbons (Fsp3) is 0.650. The van der Waals surface area contributed by atoms with Gasteiger partial charge >= 0.3 is 5.97 Å². The minimum Gasteiger partial charge on any atom is -0.494 e. The number of carbonyl (C=O) groups excluding carboxylic acids is 1. The van der Waals surface area contributed by atoms with Crippen molar-refractivity contribution < 1.29 is 19.0 Å². The normalized spacial score (nSPS) is 10.6. The Labute approximate surface area is 146 Å². The third kappa shape index (κ3) is 9.56. The molecule has 0 atom stereocenters. The number of hydrogen-bond donors (Lipinski definition) is 0. The van der Waals surface area contributed by atoms with Crippen molar-refractivity contribution in [2.24, 2.45) is 0 Å². The zero-order chi connectivity index (χ0) is 17.5. The van der Waals surface area contributed by atoms with Crippen molar-refractivity contribution in [1.29, 1.82) is 0 Å². The van der Waals surface area contributed by atoms with E-state index in [4.69, 9.17) is 14.2 Å². The first kappa shape index (κ1) is 20.5. The molecule has 0 fully saturated rings. The lowest BCUT2D eigenvalue weighted by Gasteiger charge is -2.08. The van der Waals surface area contributed by atoms with E-state index in [1.54, 1.807) is 19.2 Å². The Balaban J connectivity index is 2.10. The van der Waals surface area contributed by atoms with Gasteiger partial charge in [-0.05, 0) is 30.7 Å². The highest BCUT2D eigenvalue weighted by Crippen LogP contribution is 2.14. The number of carbonyl (C=O) groups is 1. The molecule has 0 spiro atoms. The summed E-state index contributed by atoms with van der Waals surface area (Å²) in [5.41, 5.74) is 0.533. The lowest BCUT2D eigenvalue weighted by molar-refractivity contribution is 0.0388. The summed E-state index contributed by atoms with van der Waals surface area (Å²) in [6.07, 6.45) is 10.3. The quantitative estimate of drug-likeness (QED) is 0.354. The van der Waals surface area contributed by atoms with Crippen LogP contribution in [0.25, 0.3) is 0 Å². The Morgan fingerprint density at radius 1 is 0.833 bits per heavy atom. The van der Waals surface area contributed by atoms with Crippen molar-refractivity contribution in [3.8, 4) is 5.75 Å². The van der Waals surface area contributed by atoms with Gasteiger partial charge in [-0.15, -0.1) is 0 Å². The first-order valence-electron chi connectivity index (χ1n) is 9.17. The molecule has 0 N–H and O–H groups in total. The Hall–Kier alpha value is -1.55. The third-order valence-electron chi connectivity index (χ3n) is 3.88. The highest BCUT2D eigenvalue weighted by atomic mass is 16.6. The topological polar surface area (TPSA) is 44.8 Å². The van der Waals surface area contributed by atoms with E-state index in [-0.39, 0.29) is 12.6 Å². The summed E-state index contributed by atoms with van der Waals surface area (Å²) in [5, 5.41) is 0. The van der Waals surface area contributed by atoms with Crippen LogP contribution in [0.4, 0.5) is 0 Å². The van der Waals surface area contributed by atoms with Crippen LogP contribution in [0.3, 0.4) is 0 Å². The van der Waals surface area contributed by atoms with Crippen LogP contribution < -0.4 is 4.74 Å². The van der Waals surface area contributed by atoms with Crippen LogP contribution in [0.5, 0.6) is 5.75 Å². The van der Waals surface area contributed by atoms with Gasteiger partial charge in [-0.25, -0.2) is 4.79 Å². The second-order valence-electron chi connectivity index (χ2n) is 5.98. The van der Waals surface area contributed by atoms with Crippen LogP contribution in [0, 0.1) is 0 Å². The summed E-state index contributed by atoms with van der Waals surface area (Å²) in [4.78, 5) is 11.7. The number of unbranched alkanes of at least 4 members (excludes halogenated alkanes) is 7. The molecule has 4 nitrogen and oxygen atoms in total. The number of ether oxygens (including phenoxy) is 3. The van der Waals surface area contributed by atoms with E-state index in [9.17, 15) is 4.79 Å². The van der Waals surface area contributed by atoms with E-state index >= 15 is 0 Å². The Morgan fingerprint density at radius 3 is 2.08 bits per heavy atom. The summed E-state index contributed by atoms with van der Waals surface area (Å²) < 4.78 is 15.6. The highest BCUT2D eigenvalue weighted by molar-refractivity contribution is 5.89. The molecule has 0 aliphatic carbocycles. The van der Waals surface area contributed by atoms with Crippen molar-refractivity contribution >= 4 is 5.97 Å². The fourth-order valence-electron chi connectivity index (χ4n) is 2.41. The van der Waals surface area contributed by atoms with Gasteiger partial charge in [0, 0.05) is 7.11 Å². The van der Waals surface area contributed by atoms with Gasteiger partial charge in [0.2, 0.25) is 0 Å². The minimum atomic E-state index is -0.332. The number of hydrogen-bond acceptors (Lipinski definition) is 4. The molecule has 0 amide bonds. The summed E-state index contributed by atoms with van der Waals surface area (Å²) in [6.45, 7) is 3.65. The molecule has 0 aliphatic rings. The highest BCUT2D eigenvalue weighted by Gasteiger charge is 2.06. The van der Waals surface area contributed by atoms with Crippen LogP contribution in [0.1, 0.15) is 68.6 Å². The molecule has 4 heteroatoms. The average Bonchev–Trinajstić information content (AvgIpc) is 2.61. The van der Waals surface area contributed by atoms with Crippen molar-refractivity contribution in [2.75, 3.05) is 26.9 Å². The van der Waals surface area contributed by atoms with Crippen LogP contribution in [-0.4, -0.2) is 32.9 Å². The Kier molecular flexibility index (Phi) is 11.8. The van der Waals surface area contributed by atoms with E-state index < -0.39 is 0 Å². The van der Waals surface area contributed by atoms with Crippen LogP contribution in [0.2, 0.25) is 0 Å². The number of rotatable bonds is 14. The Morgan fingerprint density at radius 2 is 1.46 bits per heavy atom. The zero-order valence-corrected chi connectivity index (χ0v) is 15.2. The molecule has 0 saturated heterocycles. The summed E-state index contributed by atoms with van der Waals surface area (Å²) >= 11 is 0. The van der Waals surface area contributed by atoms with E-state index in [1.807, 2.05) is 12.1 Å². The maximum atomic E-state index is 11.7. The first-order valence-corrected chi connectivity index (χ1v) is 9.17. The SMILES string of the molecule is CCCCCCCCCCOc1ccc(C(=O)OCCOC)cc1. The molecule has 0 bridgehead atoms. The molecule has 0 aliphatic heterocycles. The molecular formula is C20H32O4. The van der Waals surface area contributed by atoms with Gasteiger partial charge in [0.1, 0.15) is 12.4 Å². The summed E-state index contributed by atoms with van der Waals surface area (Å²) in [7, 11) is 1.58. The minimum absolute atomic E-state index is 0.270. The van der Waals surface area contributed by atoms with Crippen molar-refractivity contribution in [3.63, 3.8) is 0 Å². The molecule has 1 aromatic carbocycles. The molecular weight excluding hydrogens is 304 g/mol. The van der Waals surface area contributed by atoms with Gasteiger partial charge < -0.3 is 14.2 Å².